The Morgan fingerprint density at radius 2 is 2.11 bits per heavy atom. The highest BCUT2D eigenvalue weighted by Gasteiger charge is 2.18. The van der Waals surface area contributed by atoms with Crippen molar-refractivity contribution in [1.82, 2.24) is 5.32 Å². The van der Waals surface area contributed by atoms with Gasteiger partial charge in [0.05, 0.1) is 11.7 Å². The number of hydrogen-bond acceptors (Lipinski definition) is 5. The first-order valence-electron chi connectivity index (χ1n) is 8.52. The molecule has 1 aromatic carbocycles. The third-order valence-corrected chi connectivity index (χ3v) is 4.22. The highest BCUT2D eigenvalue weighted by Crippen LogP contribution is 2.26. The fourth-order valence-corrected chi connectivity index (χ4v) is 2.86. The van der Waals surface area contributed by atoms with Crippen LogP contribution in [0.1, 0.15) is 29.0 Å². The molecule has 1 atom stereocenters. The Labute approximate surface area is 155 Å². The molecule has 0 unspecified atom stereocenters. The number of hydrogen-bond donors (Lipinski definition) is 2. The van der Waals surface area contributed by atoms with Gasteiger partial charge in [-0.25, -0.2) is 4.79 Å². The third kappa shape index (κ3) is 4.43. The van der Waals surface area contributed by atoms with Gasteiger partial charge in [-0.3, -0.25) is 4.79 Å². The molecule has 1 aromatic heterocycles. The van der Waals surface area contributed by atoms with Gasteiger partial charge in [-0.2, -0.15) is 5.26 Å². The average Bonchev–Trinajstić information content (AvgIpc) is 3.36. The van der Waals surface area contributed by atoms with Crippen molar-refractivity contribution in [2.75, 3.05) is 13.2 Å². The van der Waals surface area contributed by atoms with Crippen molar-refractivity contribution in [3.63, 3.8) is 0 Å². The zero-order valence-corrected chi connectivity index (χ0v) is 14.5. The van der Waals surface area contributed by atoms with Crippen molar-refractivity contribution in [3.8, 4) is 17.4 Å². The lowest BCUT2D eigenvalue weighted by atomic mass is 10.1. The molecule has 138 valence electrons. The second kappa shape index (κ2) is 8.34. The first-order chi connectivity index (χ1) is 13.1. The van der Waals surface area contributed by atoms with E-state index in [1.165, 1.54) is 12.1 Å². The Morgan fingerprint density at radius 1 is 1.30 bits per heavy atom. The van der Waals surface area contributed by atoms with Crippen LogP contribution in [0, 0.1) is 11.3 Å². The number of aromatic carboxylic acids is 1. The molecule has 7 heteroatoms. The number of carboxylic acids is 1. The normalized spacial score (nSPS) is 16.7. The van der Waals surface area contributed by atoms with E-state index in [1.54, 1.807) is 30.3 Å². The minimum Gasteiger partial charge on any atom is -0.478 e. The summed E-state index contributed by atoms with van der Waals surface area (Å²) in [5.74, 6) is -0.937. The molecule has 3 rings (SSSR count). The molecule has 1 amide bonds. The first-order valence-corrected chi connectivity index (χ1v) is 8.52. The van der Waals surface area contributed by atoms with E-state index in [1.807, 2.05) is 6.07 Å². The molecule has 1 saturated heterocycles. The van der Waals surface area contributed by atoms with E-state index in [2.05, 4.69) is 5.32 Å². The monoisotopic (exact) mass is 366 g/mol. The van der Waals surface area contributed by atoms with Crippen molar-refractivity contribution < 1.29 is 23.8 Å². The summed E-state index contributed by atoms with van der Waals surface area (Å²) in [7, 11) is 0. The van der Waals surface area contributed by atoms with E-state index in [0.717, 1.165) is 12.8 Å². The number of nitriles is 1. The first kappa shape index (κ1) is 18.4. The second-order valence-electron chi connectivity index (χ2n) is 6.07. The van der Waals surface area contributed by atoms with Crippen LogP contribution in [0.15, 0.2) is 46.4 Å². The van der Waals surface area contributed by atoms with Crippen LogP contribution >= 0.6 is 0 Å². The van der Waals surface area contributed by atoms with E-state index in [4.69, 9.17) is 9.15 Å². The Morgan fingerprint density at radius 3 is 2.81 bits per heavy atom. The van der Waals surface area contributed by atoms with Crippen LogP contribution in [0.5, 0.6) is 0 Å². The predicted octanol–water partition coefficient (Wildman–Crippen LogP) is 2.85. The summed E-state index contributed by atoms with van der Waals surface area (Å²) in [5.41, 5.74) is 0.434. The van der Waals surface area contributed by atoms with Crippen LogP contribution < -0.4 is 5.32 Å². The van der Waals surface area contributed by atoms with Gasteiger partial charge >= 0.3 is 5.97 Å². The Balaban J connectivity index is 1.75. The Hall–Kier alpha value is -3.37. The number of carbonyl (C=O) groups is 2. The van der Waals surface area contributed by atoms with Crippen molar-refractivity contribution in [2.24, 2.45) is 0 Å². The molecule has 2 aromatic rings. The van der Waals surface area contributed by atoms with Crippen LogP contribution in [0.25, 0.3) is 17.4 Å². The molecule has 1 fully saturated rings. The number of furan rings is 1. The molecule has 0 bridgehead atoms. The lowest BCUT2D eigenvalue weighted by Gasteiger charge is -2.09. The minimum absolute atomic E-state index is 0.0170. The number of carbonyl (C=O) groups excluding carboxylic acids is 1. The SMILES string of the molecule is N#C/C(=C\c1ccc(-c2ccccc2C(=O)O)o1)C(=O)NC[C@H]1CCCO1. The summed E-state index contributed by atoms with van der Waals surface area (Å²) >= 11 is 0. The molecule has 1 aliphatic heterocycles. The fraction of sp³-hybridized carbons (Fsp3) is 0.250. The maximum atomic E-state index is 12.2. The molecule has 0 aliphatic carbocycles. The summed E-state index contributed by atoms with van der Waals surface area (Å²) in [6.45, 7) is 1.04. The van der Waals surface area contributed by atoms with Crippen LogP contribution in [0.4, 0.5) is 0 Å². The summed E-state index contributed by atoms with van der Waals surface area (Å²) in [5, 5.41) is 21.2. The zero-order chi connectivity index (χ0) is 19.2. The summed E-state index contributed by atoms with van der Waals surface area (Å²) < 4.78 is 11.1. The smallest absolute Gasteiger partial charge is 0.336 e. The number of carboxylic acid groups (broad SMARTS) is 1. The zero-order valence-electron chi connectivity index (χ0n) is 14.5. The topological polar surface area (TPSA) is 113 Å². The number of amides is 1. The fourth-order valence-electron chi connectivity index (χ4n) is 2.86. The molecular weight excluding hydrogens is 348 g/mol. The molecule has 2 N–H and O–H groups in total. The predicted molar refractivity (Wildman–Crippen MR) is 96.7 cm³/mol. The van der Waals surface area contributed by atoms with Gasteiger partial charge in [0.2, 0.25) is 0 Å². The lowest BCUT2D eigenvalue weighted by Crippen LogP contribution is -2.32. The largest absolute Gasteiger partial charge is 0.478 e. The summed E-state index contributed by atoms with van der Waals surface area (Å²) in [6, 6.07) is 11.5. The van der Waals surface area contributed by atoms with Gasteiger partial charge in [-0.05, 0) is 31.0 Å². The van der Waals surface area contributed by atoms with Crippen LogP contribution in [0.3, 0.4) is 0 Å². The van der Waals surface area contributed by atoms with E-state index in [0.29, 0.717) is 24.5 Å². The minimum atomic E-state index is -1.06. The standard InChI is InChI=1S/C20H18N2O5/c21-11-13(19(23)22-12-15-4-3-9-26-15)10-14-7-8-18(27-14)16-5-1-2-6-17(16)20(24)25/h1-2,5-8,10,15H,3-4,9,12H2,(H,22,23)(H,24,25)/b13-10+/t15-/m1/s1. The quantitative estimate of drug-likeness (QED) is 0.600. The van der Waals surface area contributed by atoms with Crippen molar-refractivity contribution in [3.05, 3.63) is 53.3 Å². The van der Waals surface area contributed by atoms with E-state index in [-0.39, 0.29) is 23.0 Å². The highest BCUT2D eigenvalue weighted by atomic mass is 16.5. The van der Waals surface area contributed by atoms with Gasteiger partial charge < -0.3 is 19.6 Å². The number of benzene rings is 1. The van der Waals surface area contributed by atoms with Crippen molar-refractivity contribution in [2.45, 2.75) is 18.9 Å². The number of ether oxygens (including phenoxy) is 1. The average molecular weight is 366 g/mol. The van der Waals surface area contributed by atoms with Gasteiger partial charge in [0, 0.05) is 24.8 Å². The van der Waals surface area contributed by atoms with Gasteiger partial charge in [-0.1, -0.05) is 18.2 Å². The molecular formula is C20H18N2O5. The number of nitrogens with zero attached hydrogens (tertiary/aromatic N) is 1. The van der Waals surface area contributed by atoms with Gasteiger partial charge in [0.15, 0.2) is 0 Å². The summed E-state index contributed by atoms with van der Waals surface area (Å²) in [6.07, 6.45) is 3.17. The van der Waals surface area contributed by atoms with Gasteiger partial charge in [-0.15, -0.1) is 0 Å². The van der Waals surface area contributed by atoms with Crippen LogP contribution in [0.2, 0.25) is 0 Å². The number of nitrogens with one attached hydrogen (secondary N) is 1. The van der Waals surface area contributed by atoms with Crippen LogP contribution in [-0.2, 0) is 9.53 Å². The maximum absolute atomic E-state index is 12.2. The highest BCUT2D eigenvalue weighted by molar-refractivity contribution is 6.01. The van der Waals surface area contributed by atoms with E-state index >= 15 is 0 Å². The van der Waals surface area contributed by atoms with E-state index < -0.39 is 11.9 Å². The molecule has 7 nitrogen and oxygen atoms in total. The molecule has 0 radical (unpaired) electrons. The van der Waals surface area contributed by atoms with E-state index in [9.17, 15) is 20.0 Å². The molecule has 27 heavy (non-hydrogen) atoms. The Kier molecular flexibility index (Phi) is 5.69. The van der Waals surface area contributed by atoms with Crippen LogP contribution in [-0.4, -0.2) is 36.2 Å². The van der Waals surface area contributed by atoms with Gasteiger partial charge in [0.1, 0.15) is 23.2 Å². The van der Waals surface area contributed by atoms with Crippen molar-refractivity contribution in [1.29, 1.82) is 5.26 Å². The molecule has 0 spiro atoms. The van der Waals surface area contributed by atoms with Crippen molar-refractivity contribution >= 4 is 18.0 Å². The number of rotatable bonds is 6. The molecule has 2 heterocycles. The third-order valence-electron chi connectivity index (χ3n) is 4.22. The maximum Gasteiger partial charge on any atom is 0.336 e. The molecule has 0 saturated carbocycles. The second-order valence-corrected chi connectivity index (χ2v) is 6.07. The van der Waals surface area contributed by atoms with Gasteiger partial charge in [0.25, 0.3) is 5.91 Å². The lowest BCUT2D eigenvalue weighted by molar-refractivity contribution is -0.117. The Bertz CT molecular complexity index is 916. The molecule has 1 aliphatic rings. The summed E-state index contributed by atoms with van der Waals surface area (Å²) in [4.78, 5) is 23.5.